The molecule has 1 aromatic heterocycles. The number of ether oxygens (including phenoxy) is 1. The molecule has 0 radical (unpaired) electrons. The standard InChI is InChI=1S/C12H19N5O2S/c1-4-16(5-2)11-14-7-9(8-15-11)17(10(13)20)12(18)19-6-3/h7-8H,4-6H2,1-3H3,(H2,13,20). The Morgan fingerprint density at radius 3 is 2.25 bits per heavy atom. The third kappa shape index (κ3) is 3.77. The number of aromatic nitrogens is 2. The fraction of sp³-hybridized carbons (Fsp3) is 0.500. The van der Waals surface area contributed by atoms with Crippen molar-refractivity contribution in [1.82, 2.24) is 9.97 Å². The molecule has 8 heteroatoms. The van der Waals surface area contributed by atoms with Crippen LogP contribution in [0.15, 0.2) is 12.4 Å². The Kier molecular flexibility index (Phi) is 6.10. The average Bonchev–Trinajstić information content (AvgIpc) is 2.42. The molecule has 0 spiro atoms. The van der Waals surface area contributed by atoms with Gasteiger partial charge in [-0.25, -0.2) is 19.7 Å². The van der Waals surface area contributed by atoms with Gasteiger partial charge in [-0.3, -0.25) is 0 Å². The van der Waals surface area contributed by atoms with Gasteiger partial charge in [0.1, 0.15) is 0 Å². The first-order chi connectivity index (χ1) is 9.54. The Bertz CT molecular complexity index is 461. The van der Waals surface area contributed by atoms with E-state index in [1.807, 2.05) is 18.7 Å². The van der Waals surface area contributed by atoms with Gasteiger partial charge in [0, 0.05) is 13.1 Å². The van der Waals surface area contributed by atoms with Crippen molar-refractivity contribution in [3.63, 3.8) is 0 Å². The molecule has 1 amide bonds. The molecule has 0 fully saturated rings. The van der Waals surface area contributed by atoms with E-state index in [0.717, 1.165) is 18.0 Å². The van der Waals surface area contributed by atoms with Crippen LogP contribution in [0.3, 0.4) is 0 Å². The summed E-state index contributed by atoms with van der Waals surface area (Å²) in [7, 11) is 0. The van der Waals surface area contributed by atoms with E-state index in [4.69, 9.17) is 22.7 Å². The number of carbonyl (C=O) groups excluding carboxylic acids is 1. The molecule has 0 saturated carbocycles. The largest absolute Gasteiger partial charge is 0.449 e. The first-order valence-electron chi connectivity index (χ1n) is 6.38. The van der Waals surface area contributed by atoms with E-state index >= 15 is 0 Å². The Balaban J connectivity index is 2.99. The zero-order chi connectivity index (χ0) is 15.1. The van der Waals surface area contributed by atoms with Crippen molar-refractivity contribution in [3.8, 4) is 0 Å². The van der Waals surface area contributed by atoms with Gasteiger partial charge in [0.2, 0.25) is 5.95 Å². The molecule has 1 aromatic rings. The number of rotatable bonds is 5. The van der Waals surface area contributed by atoms with Gasteiger partial charge in [0.25, 0.3) is 0 Å². The minimum atomic E-state index is -0.640. The highest BCUT2D eigenvalue weighted by molar-refractivity contribution is 7.80. The lowest BCUT2D eigenvalue weighted by molar-refractivity contribution is 0.163. The maximum absolute atomic E-state index is 11.8. The SMILES string of the molecule is CCOC(=O)N(C(N)=S)c1cnc(N(CC)CC)nc1. The topological polar surface area (TPSA) is 84.6 Å². The van der Waals surface area contributed by atoms with Gasteiger partial charge in [0.15, 0.2) is 5.11 Å². The van der Waals surface area contributed by atoms with E-state index in [0.29, 0.717) is 11.6 Å². The summed E-state index contributed by atoms with van der Waals surface area (Å²) in [6.45, 7) is 7.56. The van der Waals surface area contributed by atoms with Crippen LogP contribution in [0.2, 0.25) is 0 Å². The van der Waals surface area contributed by atoms with Crippen molar-refractivity contribution in [2.75, 3.05) is 29.5 Å². The van der Waals surface area contributed by atoms with E-state index in [2.05, 4.69) is 9.97 Å². The normalized spacial score (nSPS) is 9.95. The van der Waals surface area contributed by atoms with Crippen LogP contribution >= 0.6 is 12.2 Å². The summed E-state index contributed by atoms with van der Waals surface area (Å²) in [5.41, 5.74) is 5.92. The summed E-state index contributed by atoms with van der Waals surface area (Å²) in [6, 6.07) is 0. The second kappa shape index (κ2) is 7.59. The Morgan fingerprint density at radius 2 is 1.85 bits per heavy atom. The number of anilines is 2. The summed E-state index contributed by atoms with van der Waals surface area (Å²) in [6.07, 6.45) is 2.35. The van der Waals surface area contributed by atoms with Gasteiger partial charge in [-0.05, 0) is 33.0 Å². The van der Waals surface area contributed by atoms with Crippen LogP contribution < -0.4 is 15.5 Å². The highest BCUT2D eigenvalue weighted by Crippen LogP contribution is 2.15. The minimum absolute atomic E-state index is 0.109. The summed E-state index contributed by atoms with van der Waals surface area (Å²) >= 11 is 4.86. The molecule has 0 atom stereocenters. The summed E-state index contributed by atoms with van der Waals surface area (Å²) in [4.78, 5) is 23.3. The van der Waals surface area contributed by atoms with Crippen molar-refractivity contribution in [2.45, 2.75) is 20.8 Å². The fourth-order valence-electron chi connectivity index (χ4n) is 1.61. The molecule has 110 valence electrons. The van der Waals surface area contributed by atoms with E-state index < -0.39 is 6.09 Å². The molecular weight excluding hydrogens is 278 g/mol. The van der Waals surface area contributed by atoms with E-state index in [9.17, 15) is 4.79 Å². The van der Waals surface area contributed by atoms with Crippen LogP contribution in [-0.2, 0) is 4.74 Å². The zero-order valence-corrected chi connectivity index (χ0v) is 12.7. The second-order valence-electron chi connectivity index (χ2n) is 3.79. The van der Waals surface area contributed by atoms with Gasteiger partial charge in [-0.1, -0.05) is 0 Å². The van der Waals surface area contributed by atoms with Gasteiger partial charge in [0.05, 0.1) is 24.7 Å². The molecule has 0 unspecified atom stereocenters. The maximum Gasteiger partial charge on any atom is 0.420 e. The monoisotopic (exact) mass is 297 g/mol. The molecule has 0 aliphatic heterocycles. The van der Waals surface area contributed by atoms with Gasteiger partial charge < -0.3 is 15.4 Å². The van der Waals surface area contributed by atoms with Crippen LogP contribution in [0.25, 0.3) is 0 Å². The Labute approximate surface area is 123 Å². The summed E-state index contributed by atoms with van der Waals surface area (Å²) in [5.74, 6) is 0.588. The molecule has 0 aliphatic rings. The average molecular weight is 297 g/mol. The third-order valence-corrected chi connectivity index (χ3v) is 2.78. The highest BCUT2D eigenvalue weighted by atomic mass is 32.1. The van der Waals surface area contributed by atoms with Crippen LogP contribution in [0.1, 0.15) is 20.8 Å². The molecule has 1 rings (SSSR count). The fourth-order valence-corrected chi connectivity index (χ4v) is 1.79. The number of thiocarbonyl (C=S) groups is 1. The summed E-state index contributed by atoms with van der Waals surface area (Å²) in [5, 5.41) is -0.109. The molecule has 0 aliphatic carbocycles. The second-order valence-corrected chi connectivity index (χ2v) is 4.20. The lowest BCUT2D eigenvalue weighted by Crippen LogP contribution is -2.41. The van der Waals surface area contributed by atoms with Crippen molar-refractivity contribution in [3.05, 3.63) is 12.4 Å². The quantitative estimate of drug-likeness (QED) is 0.825. The number of nitrogens with two attached hydrogens (primary N) is 1. The first-order valence-corrected chi connectivity index (χ1v) is 6.79. The van der Waals surface area contributed by atoms with Gasteiger partial charge in [-0.2, -0.15) is 0 Å². The number of carbonyl (C=O) groups is 1. The van der Waals surface area contributed by atoms with Gasteiger partial charge in [-0.15, -0.1) is 0 Å². The highest BCUT2D eigenvalue weighted by Gasteiger charge is 2.20. The molecule has 20 heavy (non-hydrogen) atoms. The molecule has 1 heterocycles. The number of hydrogen-bond acceptors (Lipinski definition) is 6. The number of hydrogen-bond donors (Lipinski definition) is 1. The molecule has 0 aromatic carbocycles. The predicted molar refractivity (Wildman–Crippen MR) is 81.9 cm³/mol. The van der Waals surface area contributed by atoms with E-state index in [1.165, 1.54) is 12.4 Å². The van der Waals surface area contributed by atoms with E-state index in [1.54, 1.807) is 6.92 Å². The van der Waals surface area contributed by atoms with Crippen LogP contribution in [0.4, 0.5) is 16.4 Å². The molecule has 0 bridgehead atoms. The van der Waals surface area contributed by atoms with Crippen molar-refractivity contribution in [2.24, 2.45) is 5.73 Å². The zero-order valence-electron chi connectivity index (χ0n) is 11.9. The minimum Gasteiger partial charge on any atom is -0.449 e. The lowest BCUT2D eigenvalue weighted by atomic mass is 10.4. The van der Waals surface area contributed by atoms with Crippen LogP contribution in [0.5, 0.6) is 0 Å². The van der Waals surface area contributed by atoms with Crippen molar-refractivity contribution >= 4 is 35.1 Å². The Hall–Kier alpha value is -1.96. The van der Waals surface area contributed by atoms with Crippen LogP contribution in [0, 0.1) is 0 Å². The lowest BCUT2D eigenvalue weighted by Gasteiger charge is -2.21. The predicted octanol–water partition coefficient (Wildman–Crippen LogP) is 1.53. The van der Waals surface area contributed by atoms with Gasteiger partial charge >= 0.3 is 6.09 Å². The number of nitrogens with zero attached hydrogens (tertiary/aromatic N) is 4. The maximum atomic E-state index is 11.8. The van der Waals surface area contributed by atoms with Crippen molar-refractivity contribution < 1.29 is 9.53 Å². The van der Waals surface area contributed by atoms with Crippen molar-refractivity contribution in [1.29, 1.82) is 0 Å². The molecular formula is C12H19N5O2S. The number of amides is 1. The Morgan fingerprint density at radius 1 is 1.30 bits per heavy atom. The van der Waals surface area contributed by atoms with Crippen LogP contribution in [-0.4, -0.2) is 40.9 Å². The molecule has 0 saturated heterocycles. The first kappa shape index (κ1) is 16.1. The molecule has 7 nitrogen and oxygen atoms in total. The molecule has 2 N–H and O–H groups in total. The smallest absolute Gasteiger partial charge is 0.420 e. The summed E-state index contributed by atoms with van der Waals surface area (Å²) < 4.78 is 4.89. The van der Waals surface area contributed by atoms with E-state index in [-0.39, 0.29) is 11.7 Å². The third-order valence-electron chi connectivity index (χ3n) is 2.60.